The number of hydrogen-bond acceptors (Lipinski definition) is 4. The van der Waals surface area contributed by atoms with Crippen molar-refractivity contribution >= 4 is 11.6 Å². The van der Waals surface area contributed by atoms with Gasteiger partial charge < -0.3 is 19.1 Å². The predicted molar refractivity (Wildman–Crippen MR) is 101 cm³/mol. The van der Waals surface area contributed by atoms with E-state index in [2.05, 4.69) is 23.7 Å². The molecule has 2 rings (SSSR count). The summed E-state index contributed by atoms with van der Waals surface area (Å²) >= 11 is 0. The topological polar surface area (TPSA) is 48.0 Å². The minimum Gasteiger partial charge on any atom is -0.381 e. The maximum absolute atomic E-state index is 11.3. The number of hydrogen-bond donors (Lipinski definition) is 0. The van der Waals surface area contributed by atoms with Crippen LogP contribution in [0.4, 0.5) is 5.69 Å². The van der Waals surface area contributed by atoms with E-state index in [4.69, 9.17) is 14.2 Å². The molecule has 1 saturated heterocycles. The maximum Gasteiger partial charge on any atom is 0.223 e. The SMILES string of the molecule is COC1(C#CCOCC#Cc2ccc(N(C)C(C)=O)cc2)CCOCC1. The molecule has 1 fully saturated rings. The minimum atomic E-state index is -0.401. The number of carbonyl (C=O) groups is 1. The number of ether oxygens (including phenoxy) is 3. The summed E-state index contributed by atoms with van der Waals surface area (Å²) in [5.41, 5.74) is 1.32. The Hall–Kier alpha value is -2.31. The normalized spacial score (nSPS) is 15.2. The summed E-state index contributed by atoms with van der Waals surface area (Å²) in [7, 11) is 3.43. The van der Waals surface area contributed by atoms with Crippen LogP contribution in [0.25, 0.3) is 0 Å². The Balaban J connectivity index is 1.77. The van der Waals surface area contributed by atoms with Gasteiger partial charge in [0.25, 0.3) is 0 Å². The molecule has 0 aliphatic carbocycles. The fourth-order valence-electron chi connectivity index (χ4n) is 2.52. The molecule has 1 aromatic carbocycles. The van der Waals surface area contributed by atoms with Crippen molar-refractivity contribution in [2.24, 2.45) is 0 Å². The van der Waals surface area contributed by atoms with Gasteiger partial charge in [-0.1, -0.05) is 23.7 Å². The van der Waals surface area contributed by atoms with Gasteiger partial charge in [-0.05, 0) is 24.3 Å². The molecule has 1 aliphatic rings. The van der Waals surface area contributed by atoms with Crippen LogP contribution in [0.2, 0.25) is 0 Å². The average Bonchev–Trinajstić information content (AvgIpc) is 2.68. The van der Waals surface area contributed by atoms with E-state index >= 15 is 0 Å². The minimum absolute atomic E-state index is 0.00523. The molecule has 1 heterocycles. The van der Waals surface area contributed by atoms with Crippen LogP contribution in [-0.2, 0) is 19.0 Å². The molecular formula is C21H25NO4. The second kappa shape index (κ2) is 9.99. The van der Waals surface area contributed by atoms with Crippen molar-refractivity contribution in [3.8, 4) is 23.7 Å². The van der Waals surface area contributed by atoms with Gasteiger partial charge in [-0.2, -0.15) is 0 Å². The van der Waals surface area contributed by atoms with Crippen LogP contribution in [0.15, 0.2) is 24.3 Å². The Morgan fingerprint density at radius 3 is 2.46 bits per heavy atom. The summed E-state index contributed by atoms with van der Waals surface area (Å²) in [6.07, 6.45) is 1.57. The molecule has 5 heteroatoms. The zero-order chi connectivity index (χ0) is 18.8. The molecule has 0 aromatic heterocycles. The van der Waals surface area contributed by atoms with Gasteiger partial charge in [-0.3, -0.25) is 4.79 Å². The third-order valence-electron chi connectivity index (χ3n) is 4.32. The molecule has 5 nitrogen and oxygen atoms in total. The van der Waals surface area contributed by atoms with E-state index in [1.807, 2.05) is 24.3 Å². The van der Waals surface area contributed by atoms with Crippen molar-refractivity contribution in [3.05, 3.63) is 29.8 Å². The average molecular weight is 355 g/mol. The van der Waals surface area contributed by atoms with E-state index in [0.717, 1.165) is 24.1 Å². The molecule has 0 saturated carbocycles. The van der Waals surface area contributed by atoms with E-state index in [9.17, 15) is 4.79 Å². The smallest absolute Gasteiger partial charge is 0.223 e. The third-order valence-corrected chi connectivity index (χ3v) is 4.32. The second-order valence-electron chi connectivity index (χ2n) is 6.03. The van der Waals surface area contributed by atoms with Crippen LogP contribution >= 0.6 is 0 Å². The number of benzene rings is 1. The zero-order valence-electron chi connectivity index (χ0n) is 15.6. The highest BCUT2D eigenvalue weighted by atomic mass is 16.5. The highest BCUT2D eigenvalue weighted by Crippen LogP contribution is 2.23. The summed E-state index contributed by atoms with van der Waals surface area (Å²) in [5.74, 6) is 12.2. The van der Waals surface area contributed by atoms with Gasteiger partial charge >= 0.3 is 0 Å². The van der Waals surface area contributed by atoms with Gasteiger partial charge in [-0.15, -0.1) is 0 Å². The summed E-state index contributed by atoms with van der Waals surface area (Å²) in [6, 6.07) is 7.51. The molecule has 26 heavy (non-hydrogen) atoms. The van der Waals surface area contributed by atoms with Gasteiger partial charge in [-0.25, -0.2) is 0 Å². The highest BCUT2D eigenvalue weighted by Gasteiger charge is 2.30. The molecule has 1 amide bonds. The molecule has 1 aromatic rings. The van der Waals surface area contributed by atoms with Crippen molar-refractivity contribution in [1.29, 1.82) is 0 Å². The predicted octanol–water partition coefficient (Wildman–Crippen LogP) is 2.24. The Morgan fingerprint density at radius 1 is 1.19 bits per heavy atom. The van der Waals surface area contributed by atoms with Crippen molar-refractivity contribution in [1.82, 2.24) is 0 Å². The lowest BCUT2D eigenvalue weighted by Crippen LogP contribution is -2.36. The van der Waals surface area contributed by atoms with E-state index in [0.29, 0.717) is 26.4 Å². The number of amides is 1. The third kappa shape index (κ3) is 5.89. The van der Waals surface area contributed by atoms with Crippen LogP contribution in [-0.4, -0.2) is 52.1 Å². The molecule has 0 unspecified atom stereocenters. The Labute approximate surface area is 155 Å². The second-order valence-corrected chi connectivity index (χ2v) is 6.03. The van der Waals surface area contributed by atoms with E-state index in [1.54, 1.807) is 19.1 Å². The molecule has 0 radical (unpaired) electrons. The lowest BCUT2D eigenvalue weighted by Gasteiger charge is -2.30. The van der Waals surface area contributed by atoms with Crippen LogP contribution in [0, 0.1) is 23.7 Å². The van der Waals surface area contributed by atoms with Crippen molar-refractivity contribution in [3.63, 3.8) is 0 Å². The maximum atomic E-state index is 11.3. The van der Waals surface area contributed by atoms with Crippen LogP contribution < -0.4 is 4.90 Å². The number of rotatable bonds is 4. The first-order chi connectivity index (χ1) is 12.6. The van der Waals surface area contributed by atoms with Crippen LogP contribution in [0.1, 0.15) is 25.3 Å². The Bertz CT molecular complexity index is 712. The Morgan fingerprint density at radius 2 is 1.85 bits per heavy atom. The van der Waals surface area contributed by atoms with Gasteiger partial charge in [0, 0.05) is 45.2 Å². The van der Waals surface area contributed by atoms with Gasteiger partial charge in [0.1, 0.15) is 18.8 Å². The standard InChI is InChI=1S/C21H25NO4/c1-18(23)22(2)20-9-7-19(8-10-20)6-4-14-25-15-5-11-21(24-3)12-16-26-17-13-21/h7-10H,12-17H2,1-3H3. The first-order valence-electron chi connectivity index (χ1n) is 8.60. The molecule has 0 spiro atoms. The lowest BCUT2D eigenvalue weighted by molar-refractivity contribution is -0.116. The van der Waals surface area contributed by atoms with E-state index < -0.39 is 5.60 Å². The largest absolute Gasteiger partial charge is 0.381 e. The van der Waals surface area contributed by atoms with Crippen LogP contribution in [0.5, 0.6) is 0 Å². The van der Waals surface area contributed by atoms with E-state index in [-0.39, 0.29) is 5.91 Å². The van der Waals surface area contributed by atoms with Crippen molar-refractivity contribution in [2.75, 3.05) is 45.5 Å². The summed E-state index contributed by atoms with van der Waals surface area (Å²) in [5, 5.41) is 0. The quantitative estimate of drug-likeness (QED) is 0.614. The monoisotopic (exact) mass is 355 g/mol. The number of anilines is 1. The van der Waals surface area contributed by atoms with Crippen molar-refractivity contribution < 1.29 is 19.0 Å². The molecule has 0 bridgehead atoms. The number of methoxy groups -OCH3 is 1. The van der Waals surface area contributed by atoms with Gasteiger partial charge in [0.2, 0.25) is 5.91 Å². The first-order valence-corrected chi connectivity index (χ1v) is 8.60. The lowest BCUT2D eigenvalue weighted by atomic mass is 9.95. The molecule has 0 atom stereocenters. The molecular weight excluding hydrogens is 330 g/mol. The first kappa shape index (κ1) is 20.0. The summed E-state index contributed by atoms with van der Waals surface area (Å²) < 4.78 is 16.3. The highest BCUT2D eigenvalue weighted by molar-refractivity contribution is 5.90. The summed E-state index contributed by atoms with van der Waals surface area (Å²) in [4.78, 5) is 12.9. The number of nitrogens with zero attached hydrogens (tertiary/aromatic N) is 1. The van der Waals surface area contributed by atoms with Crippen molar-refractivity contribution in [2.45, 2.75) is 25.4 Å². The Kier molecular flexibility index (Phi) is 7.69. The van der Waals surface area contributed by atoms with Crippen LogP contribution in [0.3, 0.4) is 0 Å². The molecule has 1 aliphatic heterocycles. The molecule has 0 N–H and O–H groups in total. The number of carbonyl (C=O) groups excluding carboxylic acids is 1. The summed E-state index contributed by atoms with van der Waals surface area (Å²) in [6.45, 7) is 3.52. The van der Waals surface area contributed by atoms with E-state index in [1.165, 1.54) is 6.92 Å². The van der Waals surface area contributed by atoms with Gasteiger partial charge in [0.15, 0.2) is 0 Å². The fourth-order valence-corrected chi connectivity index (χ4v) is 2.52. The zero-order valence-corrected chi connectivity index (χ0v) is 15.6. The fraction of sp³-hybridized carbons (Fsp3) is 0.476. The van der Waals surface area contributed by atoms with Gasteiger partial charge in [0.05, 0.1) is 13.2 Å². The molecule has 138 valence electrons.